The zero-order valence-corrected chi connectivity index (χ0v) is 18.1. The van der Waals surface area contributed by atoms with E-state index in [2.05, 4.69) is 15.9 Å². The fraction of sp³-hybridized carbons (Fsp3) is 0.158. The maximum Gasteiger partial charge on any atom is 0.327 e. The van der Waals surface area contributed by atoms with Crippen molar-refractivity contribution >= 4 is 68.2 Å². The molecule has 29 heavy (non-hydrogen) atoms. The molecule has 2 heterocycles. The summed E-state index contributed by atoms with van der Waals surface area (Å²) >= 11 is 9.50. The summed E-state index contributed by atoms with van der Waals surface area (Å²) in [7, 11) is 0. The second-order valence-electron chi connectivity index (χ2n) is 6.19. The molecule has 1 aliphatic rings. The standard InChI is InChI=1S/C19H14BrNO6S2/c1-9-2-4-11(12(20)6-9)14-5-3-10(27-14)7-15-17(24)21(19(28)29-15)13(18(25)26)8-16(22)23/h2-7,13H,8H2,1H3,(H,22,23)(H,25,26)/b15-7+/t13-/m0/s1. The molecule has 7 nitrogen and oxygen atoms in total. The molecule has 3 rings (SSSR count). The van der Waals surface area contributed by atoms with Crippen LogP contribution >= 0.6 is 39.9 Å². The van der Waals surface area contributed by atoms with Gasteiger partial charge in [-0.05, 0) is 36.8 Å². The Kier molecular flexibility index (Phi) is 6.25. The number of hydrogen-bond acceptors (Lipinski definition) is 6. The van der Waals surface area contributed by atoms with Crippen molar-refractivity contribution in [3.63, 3.8) is 0 Å². The lowest BCUT2D eigenvalue weighted by atomic mass is 10.1. The summed E-state index contributed by atoms with van der Waals surface area (Å²) in [4.78, 5) is 36.0. The molecule has 1 aromatic heterocycles. The number of halogens is 1. The number of carbonyl (C=O) groups is 3. The molecule has 150 valence electrons. The summed E-state index contributed by atoms with van der Waals surface area (Å²) in [5, 5.41) is 18.2. The minimum atomic E-state index is -1.57. The Morgan fingerprint density at radius 2 is 2.03 bits per heavy atom. The highest BCUT2D eigenvalue weighted by atomic mass is 79.9. The normalized spacial score (nSPS) is 16.5. The van der Waals surface area contributed by atoms with E-state index in [1.165, 1.54) is 6.08 Å². The summed E-state index contributed by atoms with van der Waals surface area (Å²) < 4.78 is 6.65. The van der Waals surface area contributed by atoms with E-state index < -0.39 is 30.3 Å². The topological polar surface area (TPSA) is 108 Å². The molecule has 0 radical (unpaired) electrons. The van der Waals surface area contributed by atoms with Crippen LogP contribution in [0.15, 0.2) is 44.1 Å². The molecule has 0 bridgehead atoms. The van der Waals surface area contributed by atoms with Crippen LogP contribution in [0.3, 0.4) is 0 Å². The number of carbonyl (C=O) groups excluding carboxylic acids is 1. The lowest BCUT2D eigenvalue weighted by Gasteiger charge is -2.21. The van der Waals surface area contributed by atoms with Crippen LogP contribution in [0.4, 0.5) is 0 Å². The average Bonchev–Trinajstić information content (AvgIpc) is 3.18. The van der Waals surface area contributed by atoms with Crippen LogP contribution in [0.5, 0.6) is 0 Å². The minimum absolute atomic E-state index is 0.0111. The van der Waals surface area contributed by atoms with E-state index in [4.69, 9.17) is 21.7 Å². The summed E-state index contributed by atoms with van der Waals surface area (Å²) in [5.74, 6) is -2.46. The molecule has 0 saturated carbocycles. The van der Waals surface area contributed by atoms with Crippen molar-refractivity contribution in [2.45, 2.75) is 19.4 Å². The summed E-state index contributed by atoms with van der Waals surface area (Å²) in [6, 6.07) is 7.68. The number of thiocarbonyl (C=S) groups is 1. The van der Waals surface area contributed by atoms with Gasteiger partial charge in [0.15, 0.2) is 0 Å². The molecule has 0 spiro atoms. The van der Waals surface area contributed by atoms with Crippen LogP contribution in [0.2, 0.25) is 0 Å². The predicted octanol–water partition coefficient (Wildman–Crippen LogP) is 4.15. The van der Waals surface area contributed by atoms with Gasteiger partial charge in [-0.15, -0.1) is 0 Å². The highest BCUT2D eigenvalue weighted by molar-refractivity contribution is 9.10. The second-order valence-corrected chi connectivity index (χ2v) is 8.72. The van der Waals surface area contributed by atoms with Crippen molar-refractivity contribution in [1.29, 1.82) is 0 Å². The van der Waals surface area contributed by atoms with Gasteiger partial charge >= 0.3 is 11.9 Å². The van der Waals surface area contributed by atoms with Crippen molar-refractivity contribution < 1.29 is 29.0 Å². The molecule has 1 saturated heterocycles. The first kappa shape index (κ1) is 21.3. The van der Waals surface area contributed by atoms with E-state index in [1.807, 2.05) is 25.1 Å². The molecule has 10 heteroatoms. The molecule has 1 aliphatic heterocycles. The maximum atomic E-state index is 12.7. The van der Waals surface area contributed by atoms with Crippen molar-refractivity contribution in [3.8, 4) is 11.3 Å². The predicted molar refractivity (Wildman–Crippen MR) is 115 cm³/mol. The fourth-order valence-corrected chi connectivity index (χ4v) is 4.75. The number of carboxylic acids is 2. The number of nitrogens with zero attached hydrogens (tertiary/aromatic N) is 1. The van der Waals surface area contributed by atoms with Crippen molar-refractivity contribution in [3.05, 3.63) is 51.0 Å². The van der Waals surface area contributed by atoms with Gasteiger partial charge in [-0.3, -0.25) is 14.5 Å². The van der Waals surface area contributed by atoms with E-state index in [0.29, 0.717) is 11.5 Å². The number of rotatable bonds is 6. The summed E-state index contributed by atoms with van der Waals surface area (Å²) in [6.07, 6.45) is 0.714. The highest BCUT2D eigenvalue weighted by Crippen LogP contribution is 2.36. The number of thioether (sulfide) groups is 1. The monoisotopic (exact) mass is 495 g/mol. The average molecular weight is 496 g/mol. The Labute approximate surface area is 183 Å². The van der Waals surface area contributed by atoms with Crippen LogP contribution in [-0.4, -0.2) is 43.3 Å². The molecule has 0 unspecified atom stereocenters. The third-order valence-electron chi connectivity index (χ3n) is 4.08. The van der Waals surface area contributed by atoms with Crippen LogP contribution in [-0.2, 0) is 14.4 Å². The van der Waals surface area contributed by atoms with Gasteiger partial charge in [0.25, 0.3) is 5.91 Å². The van der Waals surface area contributed by atoms with Crippen molar-refractivity contribution in [1.82, 2.24) is 4.90 Å². The first-order chi connectivity index (χ1) is 13.7. The zero-order chi connectivity index (χ0) is 21.3. The number of aliphatic carboxylic acids is 2. The molecule has 1 fully saturated rings. The van der Waals surface area contributed by atoms with Crippen LogP contribution in [0.25, 0.3) is 17.4 Å². The Morgan fingerprint density at radius 3 is 2.66 bits per heavy atom. The van der Waals surface area contributed by atoms with E-state index >= 15 is 0 Å². The molecule has 1 atom stereocenters. The molecule has 2 N–H and O–H groups in total. The highest BCUT2D eigenvalue weighted by Gasteiger charge is 2.41. The molecular weight excluding hydrogens is 482 g/mol. The van der Waals surface area contributed by atoms with Crippen molar-refractivity contribution in [2.24, 2.45) is 0 Å². The van der Waals surface area contributed by atoms with Crippen LogP contribution in [0, 0.1) is 6.92 Å². The Bertz CT molecular complexity index is 1060. The first-order valence-corrected chi connectivity index (χ1v) is 10.3. The first-order valence-electron chi connectivity index (χ1n) is 8.25. The fourth-order valence-electron chi connectivity index (χ4n) is 2.73. The van der Waals surface area contributed by atoms with Gasteiger partial charge in [0, 0.05) is 16.1 Å². The number of amides is 1. The van der Waals surface area contributed by atoms with Gasteiger partial charge in [0.2, 0.25) is 0 Å². The number of benzene rings is 1. The van der Waals surface area contributed by atoms with Crippen LogP contribution in [0.1, 0.15) is 17.7 Å². The number of carboxylic acid groups (broad SMARTS) is 2. The quantitative estimate of drug-likeness (QED) is 0.454. The molecule has 0 aliphatic carbocycles. The largest absolute Gasteiger partial charge is 0.481 e. The number of aryl methyl sites for hydroxylation is 1. The van der Waals surface area contributed by atoms with Gasteiger partial charge < -0.3 is 14.6 Å². The Hall–Kier alpha value is -2.43. The lowest BCUT2D eigenvalue weighted by Crippen LogP contribution is -2.45. The van der Waals surface area contributed by atoms with E-state index in [1.54, 1.807) is 12.1 Å². The van der Waals surface area contributed by atoms with E-state index in [0.717, 1.165) is 32.3 Å². The van der Waals surface area contributed by atoms with Crippen LogP contribution < -0.4 is 0 Å². The molecule has 1 aromatic carbocycles. The minimum Gasteiger partial charge on any atom is -0.481 e. The van der Waals surface area contributed by atoms with Gasteiger partial charge in [-0.1, -0.05) is 46.0 Å². The van der Waals surface area contributed by atoms with Gasteiger partial charge in [0.1, 0.15) is 21.9 Å². The third kappa shape index (κ3) is 4.60. The van der Waals surface area contributed by atoms with Crippen molar-refractivity contribution in [2.75, 3.05) is 0 Å². The van der Waals surface area contributed by atoms with E-state index in [-0.39, 0.29) is 9.23 Å². The molecular formula is C19H14BrNO6S2. The smallest absolute Gasteiger partial charge is 0.327 e. The van der Waals surface area contributed by atoms with Gasteiger partial charge in [-0.2, -0.15) is 0 Å². The zero-order valence-electron chi connectivity index (χ0n) is 14.9. The molecule has 1 amide bonds. The SMILES string of the molecule is Cc1ccc(-c2ccc(/C=C3/SC(=S)N([C@@H](CC(=O)O)C(=O)O)C3=O)o2)c(Br)c1. The number of hydrogen-bond donors (Lipinski definition) is 2. The van der Waals surface area contributed by atoms with E-state index in [9.17, 15) is 19.5 Å². The Balaban J connectivity index is 1.87. The lowest BCUT2D eigenvalue weighted by molar-refractivity contribution is -0.150. The van der Waals surface area contributed by atoms with Gasteiger partial charge in [0.05, 0.1) is 11.3 Å². The Morgan fingerprint density at radius 1 is 1.31 bits per heavy atom. The summed E-state index contributed by atoms with van der Waals surface area (Å²) in [5.41, 5.74) is 1.93. The third-order valence-corrected chi connectivity index (χ3v) is 6.06. The number of furan rings is 1. The molecule has 2 aromatic rings. The van der Waals surface area contributed by atoms with Gasteiger partial charge in [-0.25, -0.2) is 4.79 Å². The maximum absolute atomic E-state index is 12.7. The second kappa shape index (κ2) is 8.52. The summed E-state index contributed by atoms with van der Waals surface area (Å²) in [6.45, 7) is 1.97.